The van der Waals surface area contributed by atoms with Crippen molar-refractivity contribution in [3.8, 4) is 5.75 Å². The molecule has 0 atom stereocenters. The van der Waals surface area contributed by atoms with Gasteiger partial charge in [-0.1, -0.05) is 23.7 Å². The van der Waals surface area contributed by atoms with Crippen molar-refractivity contribution in [2.75, 3.05) is 17.7 Å². The Hall–Kier alpha value is -2.93. The Morgan fingerprint density at radius 1 is 1.16 bits per heavy atom. The smallest absolute Gasteiger partial charge is 0.249 e. The molecule has 8 heteroatoms. The molecule has 0 aliphatic heterocycles. The predicted octanol–water partition coefficient (Wildman–Crippen LogP) is 4.03. The molecule has 3 rings (SSSR count). The number of nitrogens with one attached hydrogen (secondary N) is 2. The van der Waals surface area contributed by atoms with Gasteiger partial charge in [-0.2, -0.15) is 10.1 Å². The first kappa shape index (κ1) is 16.9. The van der Waals surface area contributed by atoms with E-state index in [-0.39, 0.29) is 5.82 Å². The Morgan fingerprint density at radius 2 is 1.96 bits per heavy atom. The number of rotatable bonds is 6. The second-order valence-electron chi connectivity index (χ2n) is 5.12. The third-order valence-corrected chi connectivity index (χ3v) is 3.65. The van der Waals surface area contributed by atoms with Gasteiger partial charge in [0.1, 0.15) is 11.6 Å². The fourth-order valence-electron chi connectivity index (χ4n) is 2.11. The molecule has 1 aromatic heterocycles. The van der Waals surface area contributed by atoms with Gasteiger partial charge in [-0.3, -0.25) is 0 Å². The number of methoxy groups -OCH3 is 1. The number of aromatic nitrogens is 3. The van der Waals surface area contributed by atoms with E-state index in [4.69, 9.17) is 16.3 Å². The summed E-state index contributed by atoms with van der Waals surface area (Å²) < 4.78 is 18.0. The van der Waals surface area contributed by atoms with E-state index >= 15 is 0 Å². The van der Waals surface area contributed by atoms with Gasteiger partial charge in [0.05, 0.1) is 18.3 Å². The standard InChI is InChI=1S/C17H15ClFN5O/c1-25-15-7-6-13(8-14(15)18)22-17-23-16(10-21-24-17)20-9-11-2-4-12(19)5-3-11/h2-8,10H,9H2,1H3,(H2,20,22,23,24). The topological polar surface area (TPSA) is 72.0 Å². The first-order valence-electron chi connectivity index (χ1n) is 7.42. The van der Waals surface area contributed by atoms with Crippen LogP contribution in [0.15, 0.2) is 48.7 Å². The van der Waals surface area contributed by atoms with Gasteiger partial charge in [-0.25, -0.2) is 4.39 Å². The Kier molecular flexibility index (Phi) is 5.25. The van der Waals surface area contributed by atoms with Crippen molar-refractivity contribution in [2.45, 2.75) is 6.54 Å². The summed E-state index contributed by atoms with van der Waals surface area (Å²) in [5, 5.41) is 14.5. The maximum absolute atomic E-state index is 12.9. The van der Waals surface area contributed by atoms with Crippen molar-refractivity contribution in [1.82, 2.24) is 15.2 Å². The Bertz CT molecular complexity index is 860. The molecule has 2 N–H and O–H groups in total. The van der Waals surface area contributed by atoms with E-state index in [1.54, 1.807) is 37.4 Å². The van der Waals surface area contributed by atoms with Crippen LogP contribution >= 0.6 is 11.6 Å². The third-order valence-electron chi connectivity index (χ3n) is 3.35. The minimum absolute atomic E-state index is 0.267. The average Bonchev–Trinajstić information content (AvgIpc) is 2.62. The quantitative estimate of drug-likeness (QED) is 0.692. The lowest BCUT2D eigenvalue weighted by Crippen LogP contribution is -2.05. The van der Waals surface area contributed by atoms with Crippen LogP contribution in [0.5, 0.6) is 5.75 Å². The molecule has 0 aliphatic rings. The average molecular weight is 360 g/mol. The van der Waals surface area contributed by atoms with Gasteiger partial charge in [0.25, 0.3) is 0 Å². The largest absolute Gasteiger partial charge is 0.495 e. The third kappa shape index (κ3) is 4.54. The van der Waals surface area contributed by atoms with Gasteiger partial charge in [0.2, 0.25) is 5.95 Å². The van der Waals surface area contributed by atoms with Gasteiger partial charge < -0.3 is 15.4 Å². The highest BCUT2D eigenvalue weighted by molar-refractivity contribution is 6.32. The molecule has 0 spiro atoms. The number of nitrogens with zero attached hydrogens (tertiary/aromatic N) is 3. The summed E-state index contributed by atoms with van der Waals surface area (Å²) in [4.78, 5) is 4.33. The lowest BCUT2D eigenvalue weighted by molar-refractivity contribution is 0.415. The molecule has 2 aromatic carbocycles. The van der Waals surface area contributed by atoms with Crippen LogP contribution in [-0.4, -0.2) is 22.3 Å². The van der Waals surface area contributed by atoms with Crippen LogP contribution < -0.4 is 15.4 Å². The number of ether oxygens (including phenoxy) is 1. The summed E-state index contributed by atoms with van der Waals surface area (Å²) in [5.74, 6) is 1.19. The Balaban J connectivity index is 1.66. The number of hydrogen-bond acceptors (Lipinski definition) is 6. The number of hydrogen-bond donors (Lipinski definition) is 2. The van der Waals surface area contributed by atoms with E-state index in [1.165, 1.54) is 18.3 Å². The Morgan fingerprint density at radius 3 is 2.68 bits per heavy atom. The maximum Gasteiger partial charge on any atom is 0.249 e. The van der Waals surface area contributed by atoms with Crippen molar-refractivity contribution in [1.29, 1.82) is 0 Å². The van der Waals surface area contributed by atoms with E-state index in [9.17, 15) is 4.39 Å². The molecule has 0 amide bonds. The molecule has 0 fully saturated rings. The van der Waals surface area contributed by atoms with Gasteiger partial charge in [-0.15, -0.1) is 5.10 Å². The molecular weight excluding hydrogens is 345 g/mol. The monoisotopic (exact) mass is 359 g/mol. The molecule has 0 bridgehead atoms. The molecule has 0 aliphatic carbocycles. The van der Waals surface area contributed by atoms with Crippen LogP contribution in [0.4, 0.5) is 21.8 Å². The lowest BCUT2D eigenvalue weighted by atomic mass is 10.2. The molecule has 25 heavy (non-hydrogen) atoms. The Labute approximate surface area is 149 Å². The summed E-state index contributed by atoms with van der Waals surface area (Å²) >= 11 is 6.10. The van der Waals surface area contributed by atoms with Crippen molar-refractivity contribution >= 4 is 29.1 Å². The second-order valence-corrected chi connectivity index (χ2v) is 5.53. The minimum atomic E-state index is -0.267. The summed E-state index contributed by atoms with van der Waals surface area (Å²) in [6.07, 6.45) is 1.51. The molecule has 0 saturated carbocycles. The lowest BCUT2D eigenvalue weighted by Gasteiger charge is -2.09. The van der Waals surface area contributed by atoms with Crippen molar-refractivity contribution in [3.05, 3.63) is 65.1 Å². The molecule has 1 heterocycles. The van der Waals surface area contributed by atoms with Gasteiger partial charge in [0, 0.05) is 12.2 Å². The van der Waals surface area contributed by atoms with Crippen LogP contribution in [0, 0.1) is 5.82 Å². The minimum Gasteiger partial charge on any atom is -0.495 e. The van der Waals surface area contributed by atoms with E-state index < -0.39 is 0 Å². The highest BCUT2D eigenvalue weighted by Gasteiger charge is 2.05. The van der Waals surface area contributed by atoms with Crippen LogP contribution in [0.25, 0.3) is 0 Å². The molecule has 0 unspecified atom stereocenters. The zero-order valence-electron chi connectivity index (χ0n) is 13.3. The SMILES string of the molecule is COc1ccc(Nc2nncc(NCc3ccc(F)cc3)n2)cc1Cl. The van der Waals surface area contributed by atoms with E-state index in [1.807, 2.05) is 0 Å². The van der Waals surface area contributed by atoms with Gasteiger partial charge >= 0.3 is 0 Å². The van der Waals surface area contributed by atoms with E-state index in [0.29, 0.717) is 34.8 Å². The zero-order valence-corrected chi connectivity index (χ0v) is 14.1. The second kappa shape index (κ2) is 7.76. The zero-order chi connectivity index (χ0) is 17.6. The van der Waals surface area contributed by atoms with Gasteiger partial charge in [0.15, 0.2) is 5.82 Å². The first-order valence-corrected chi connectivity index (χ1v) is 7.80. The number of benzene rings is 2. The first-order chi connectivity index (χ1) is 12.1. The molecule has 6 nitrogen and oxygen atoms in total. The van der Waals surface area contributed by atoms with Crippen LogP contribution in [0.1, 0.15) is 5.56 Å². The molecule has 3 aromatic rings. The van der Waals surface area contributed by atoms with Crippen molar-refractivity contribution in [3.63, 3.8) is 0 Å². The molecule has 0 radical (unpaired) electrons. The summed E-state index contributed by atoms with van der Waals surface area (Å²) in [7, 11) is 1.55. The summed E-state index contributed by atoms with van der Waals surface area (Å²) in [5.41, 5.74) is 1.64. The molecule has 128 valence electrons. The maximum atomic E-state index is 12.9. The number of anilines is 3. The summed E-state index contributed by atoms with van der Waals surface area (Å²) in [6.45, 7) is 0.493. The molecule has 0 saturated heterocycles. The highest BCUT2D eigenvalue weighted by Crippen LogP contribution is 2.28. The van der Waals surface area contributed by atoms with Crippen LogP contribution in [0.3, 0.4) is 0 Å². The fourth-order valence-corrected chi connectivity index (χ4v) is 2.37. The van der Waals surface area contributed by atoms with E-state index in [2.05, 4.69) is 25.8 Å². The normalized spacial score (nSPS) is 10.4. The molecular formula is C17H15ClFN5O. The van der Waals surface area contributed by atoms with E-state index in [0.717, 1.165) is 5.56 Å². The summed E-state index contributed by atoms with van der Waals surface area (Å²) in [6, 6.07) is 11.5. The number of halogens is 2. The van der Waals surface area contributed by atoms with Crippen molar-refractivity contribution < 1.29 is 9.13 Å². The highest BCUT2D eigenvalue weighted by atomic mass is 35.5. The van der Waals surface area contributed by atoms with Gasteiger partial charge in [-0.05, 0) is 35.9 Å². The van der Waals surface area contributed by atoms with Crippen LogP contribution in [0.2, 0.25) is 5.02 Å². The fraction of sp³-hybridized carbons (Fsp3) is 0.118. The van der Waals surface area contributed by atoms with Crippen molar-refractivity contribution in [2.24, 2.45) is 0 Å². The van der Waals surface area contributed by atoms with Crippen LogP contribution in [-0.2, 0) is 6.54 Å². The predicted molar refractivity (Wildman–Crippen MR) is 94.8 cm³/mol.